The van der Waals surface area contributed by atoms with E-state index >= 15 is 0 Å². The molecule has 1 aromatic heterocycles. The van der Waals surface area contributed by atoms with Crippen LogP contribution in [0, 0.1) is 19.3 Å². The summed E-state index contributed by atoms with van der Waals surface area (Å²) in [4.78, 5) is 16.6. The maximum Gasteiger partial charge on any atom is 0.228 e. The van der Waals surface area contributed by atoms with Crippen LogP contribution < -0.4 is 0 Å². The molecule has 0 spiro atoms. The Kier molecular flexibility index (Phi) is 4.18. The van der Waals surface area contributed by atoms with Crippen molar-refractivity contribution in [3.63, 3.8) is 0 Å². The van der Waals surface area contributed by atoms with Gasteiger partial charge in [-0.2, -0.15) is 0 Å². The van der Waals surface area contributed by atoms with Gasteiger partial charge in [-0.25, -0.2) is 0 Å². The first-order valence-electron chi connectivity index (χ1n) is 7.22. The second-order valence-corrected chi connectivity index (χ2v) is 6.62. The molecule has 1 aromatic rings. The molecule has 0 N–H and O–H groups in total. The molecule has 0 bridgehead atoms. The summed E-state index contributed by atoms with van der Waals surface area (Å²) in [5, 5.41) is 3.99. The summed E-state index contributed by atoms with van der Waals surface area (Å²) in [6, 6.07) is 0. The predicted molar refractivity (Wildman–Crippen MR) is 77.3 cm³/mol. The molecule has 1 amide bonds. The summed E-state index contributed by atoms with van der Waals surface area (Å²) >= 11 is 0. The van der Waals surface area contributed by atoms with Gasteiger partial charge in [0.1, 0.15) is 5.76 Å². The average molecular weight is 279 g/mol. The highest BCUT2D eigenvalue weighted by Crippen LogP contribution is 2.20. The Morgan fingerprint density at radius 1 is 1.20 bits per heavy atom. The molecule has 5 heteroatoms. The molecule has 0 aliphatic carbocycles. The lowest BCUT2D eigenvalue weighted by atomic mass is 9.94. The van der Waals surface area contributed by atoms with Gasteiger partial charge in [-0.3, -0.25) is 9.69 Å². The fourth-order valence-corrected chi connectivity index (χ4v) is 2.53. The number of piperazine rings is 1. The van der Waals surface area contributed by atoms with Gasteiger partial charge in [0.15, 0.2) is 0 Å². The SMILES string of the molecule is Cc1noc(C)c1CN1CCN(C(=O)C(C)(C)C)CC1. The van der Waals surface area contributed by atoms with E-state index in [1.54, 1.807) is 0 Å². The number of aromatic nitrogens is 1. The lowest BCUT2D eigenvalue weighted by molar-refractivity contribution is -0.141. The third kappa shape index (κ3) is 3.20. The average Bonchev–Trinajstić information content (AvgIpc) is 2.69. The number of amides is 1. The molecule has 5 nitrogen and oxygen atoms in total. The number of aryl methyl sites for hydroxylation is 2. The fraction of sp³-hybridized carbons (Fsp3) is 0.733. The van der Waals surface area contributed by atoms with Crippen LogP contribution in [0.1, 0.15) is 37.8 Å². The third-order valence-corrected chi connectivity index (χ3v) is 3.86. The summed E-state index contributed by atoms with van der Waals surface area (Å²) < 4.78 is 5.20. The van der Waals surface area contributed by atoms with Crippen molar-refractivity contribution in [2.75, 3.05) is 26.2 Å². The largest absolute Gasteiger partial charge is 0.361 e. The van der Waals surface area contributed by atoms with Crippen molar-refractivity contribution < 1.29 is 9.32 Å². The highest BCUT2D eigenvalue weighted by molar-refractivity contribution is 5.81. The number of carbonyl (C=O) groups is 1. The van der Waals surface area contributed by atoms with E-state index in [1.807, 2.05) is 39.5 Å². The number of rotatable bonds is 2. The Hall–Kier alpha value is -1.36. The van der Waals surface area contributed by atoms with Crippen LogP contribution in [0.25, 0.3) is 0 Å². The maximum atomic E-state index is 12.2. The summed E-state index contributed by atoms with van der Waals surface area (Å²) in [6.45, 7) is 14.2. The van der Waals surface area contributed by atoms with Crippen LogP contribution in [0.2, 0.25) is 0 Å². The van der Waals surface area contributed by atoms with E-state index in [0.29, 0.717) is 0 Å². The molecule has 0 radical (unpaired) electrons. The Bertz CT molecular complexity index is 460. The summed E-state index contributed by atoms with van der Waals surface area (Å²) in [5.74, 6) is 1.14. The van der Waals surface area contributed by atoms with E-state index in [4.69, 9.17) is 4.52 Å². The molecule has 1 fully saturated rings. The van der Waals surface area contributed by atoms with E-state index in [2.05, 4.69) is 10.1 Å². The molecule has 1 aliphatic rings. The van der Waals surface area contributed by atoms with Crippen LogP contribution in [0.3, 0.4) is 0 Å². The molecule has 0 saturated carbocycles. The molecule has 2 heterocycles. The van der Waals surface area contributed by atoms with Gasteiger partial charge in [-0.05, 0) is 13.8 Å². The van der Waals surface area contributed by atoms with Crippen LogP contribution in [0.4, 0.5) is 0 Å². The zero-order valence-corrected chi connectivity index (χ0v) is 13.2. The number of hydrogen-bond donors (Lipinski definition) is 0. The van der Waals surface area contributed by atoms with Crippen LogP contribution in [0.5, 0.6) is 0 Å². The maximum absolute atomic E-state index is 12.2. The van der Waals surface area contributed by atoms with Crippen molar-refractivity contribution in [3.8, 4) is 0 Å². The van der Waals surface area contributed by atoms with E-state index in [9.17, 15) is 4.79 Å². The van der Waals surface area contributed by atoms with Crippen LogP contribution in [0.15, 0.2) is 4.52 Å². The summed E-state index contributed by atoms with van der Waals surface area (Å²) in [6.07, 6.45) is 0. The van der Waals surface area contributed by atoms with Crippen molar-refractivity contribution in [1.29, 1.82) is 0 Å². The fourth-order valence-electron chi connectivity index (χ4n) is 2.53. The summed E-state index contributed by atoms with van der Waals surface area (Å²) in [5.41, 5.74) is 1.86. The van der Waals surface area contributed by atoms with E-state index in [0.717, 1.165) is 44.2 Å². The highest BCUT2D eigenvalue weighted by atomic mass is 16.5. The second-order valence-electron chi connectivity index (χ2n) is 6.62. The Morgan fingerprint density at radius 3 is 2.25 bits per heavy atom. The number of carbonyl (C=O) groups excluding carboxylic acids is 1. The van der Waals surface area contributed by atoms with Gasteiger partial charge in [-0.15, -0.1) is 0 Å². The normalized spacial score (nSPS) is 17.6. The first-order chi connectivity index (χ1) is 9.29. The van der Waals surface area contributed by atoms with Crippen LogP contribution in [-0.4, -0.2) is 47.0 Å². The molecule has 2 rings (SSSR count). The molecule has 0 aromatic carbocycles. The van der Waals surface area contributed by atoms with Gasteiger partial charge < -0.3 is 9.42 Å². The molecule has 1 saturated heterocycles. The molecule has 0 unspecified atom stereocenters. The molecule has 112 valence electrons. The minimum Gasteiger partial charge on any atom is -0.361 e. The lowest BCUT2D eigenvalue weighted by Gasteiger charge is -2.37. The van der Waals surface area contributed by atoms with Gasteiger partial charge in [0.2, 0.25) is 5.91 Å². The van der Waals surface area contributed by atoms with Crippen LogP contribution in [-0.2, 0) is 11.3 Å². The minimum absolute atomic E-state index is 0.245. The Morgan fingerprint density at radius 2 is 1.80 bits per heavy atom. The molecule has 1 aliphatic heterocycles. The number of hydrogen-bond acceptors (Lipinski definition) is 4. The van der Waals surface area contributed by atoms with Crippen molar-refractivity contribution in [2.24, 2.45) is 5.41 Å². The first-order valence-corrected chi connectivity index (χ1v) is 7.22. The van der Waals surface area contributed by atoms with E-state index in [1.165, 1.54) is 5.56 Å². The van der Waals surface area contributed by atoms with Crippen molar-refractivity contribution in [3.05, 3.63) is 17.0 Å². The second kappa shape index (κ2) is 5.56. The number of nitrogens with zero attached hydrogens (tertiary/aromatic N) is 3. The quantitative estimate of drug-likeness (QED) is 0.830. The van der Waals surface area contributed by atoms with Gasteiger partial charge in [0, 0.05) is 43.7 Å². The molecule has 20 heavy (non-hydrogen) atoms. The topological polar surface area (TPSA) is 49.6 Å². The van der Waals surface area contributed by atoms with Crippen molar-refractivity contribution in [2.45, 2.75) is 41.2 Å². The first kappa shape index (κ1) is 15.0. The molecular weight excluding hydrogens is 254 g/mol. The molecular formula is C15H25N3O2. The summed E-state index contributed by atoms with van der Waals surface area (Å²) in [7, 11) is 0. The predicted octanol–water partition coefficient (Wildman–Crippen LogP) is 1.98. The Balaban J connectivity index is 1.91. The van der Waals surface area contributed by atoms with E-state index < -0.39 is 0 Å². The van der Waals surface area contributed by atoms with Crippen LogP contribution >= 0.6 is 0 Å². The molecule has 0 atom stereocenters. The smallest absolute Gasteiger partial charge is 0.228 e. The zero-order valence-electron chi connectivity index (χ0n) is 13.2. The highest BCUT2D eigenvalue weighted by Gasteiger charge is 2.29. The third-order valence-electron chi connectivity index (χ3n) is 3.86. The lowest BCUT2D eigenvalue weighted by Crippen LogP contribution is -2.51. The van der Waals surface area contributed by atoms with Gasteiger partial charge in [-0.1, -0.05) is 25.9 Å². The van der Waals surface area contributed by atoms with Gasteiger partial charge in [0.25, 0.3) is 0 Å². The minimum atomic E-state index is -0.288. The van der Waals surface area contributed by atoms with Gasteiger partial charge in [0.05, 0.1) is 5.69 Å². The van der Waals surface area contributed by atoms with Crippen molar-refractivity contribution >= 4 is 5.91 Å². The van der Waals surface area contributed by atoms with Crippen molar-refractivity contribution in [1.82, 2.24) is 15.0 Å². The Labute approximate surface area is 120 Å². The zero-order chi connectivity index (χ0) is 14.9. The van der Waals surface area contributed by atoms with E-state index in [-0.39, 0.29) is 11.3 Å². The van der Waals surface area contributed by atoms with Gasteiger partial charge >= 0.3 is 0 Å². The monoisotopic (exact) mass is 279 g/mol. The standard InChI is InChI=1S/C15H25N3O2/c1-11-13(12(2)20-16-11)10-17-6-8-18(9-7-17)14(19)15(3,4)5/h6-10H2,1-5H3.